The molecule has 136 valence electrons. The topological polar surface area (TPSA) is 34.8 Å². The predicted octanol–water partition coefficient (Wildman–Crippen LogP) is 4.83. The summed E-state index contributed by atoms with van der Waals surface area (Å²) >= 11 is 0. The second kappa shape index (κ2) is 7.42. The summed E-state index contributed by atoms with van der Waals surface area (Å²) in [6, 6.07) is 16.5. The number of ether oxygens (including phenoxy) is 2. The fourth-order valence-corrected chi connectivity index (χ4v) is 3.83. The summed E-state index contributed by atoms with van der Waals surface area (Å²) < 4.78 is 16.9. The third kappa shape index (κ3) is 3.42. The normalized spacial score (nSPS) is 16.1. The van der Waals surface area contributed by atoms with Gasteiger partial charge in [-0.25, -0.2) is 0 Å². The Morgan fingerprint density at radius 3 is 2.54 bits per heavy atom. The van der Waals surface area contributed by atoms with Crippen molar-refractivity contribution >= 4 is 11.0 Å². The Hall–Kier alpha value is -2.46. The molecule has 4 rings (SSSR count). The Morgan fingerprint density at radius 1 is 1.00 bits per heavy atom. The first-order valence-electron chi connectivity index (χ1n) is 9.18. The van der Waals surface area contributed by atoms with Crippen LogP contribution in [-0.4, -0.2) is 32.2 Å². The van der Waals surface area contributed by atoms with Crippen molar-refractivity contribution in [2.24, 2.45) is 0 Å². The van der Waals surface area contributed by atoms with Gasteiger partial charge in [0.05, 0.1) is 14.2 Å². The molecule has 4 nitrogen and oxygen atoms in total. The minimum Gasteiger partial charge on any atom is -0.497 e. The van der Waals surface area contributed by atoms with Crippen LogP contribution in [0.4, 0.5) is 0 Å². The van der Waals surface area contributed by atoms with Crippen LogP contribution in [0.1, 0.15) is 30.1 Å². The van der Waals surface area contributed by atoms with Crippen molar-refractivity contribution in [3.8, 4) is 11.5 Å². The van der Waals surface area contributed by atoms with Crippen LogP contribution in [0.5, 0.6) is 11.5 Å². The Morgan fingerprint density at radius 2 is 1.81 bits per heavy atom. The van der Waals surface area contributed by atoms with E-state index in [4.69, 9.17) is 13.9 Å². The maximum absolute atomic E-state index is 6.07. The van der Waals surface area contributed by atoms with Gasteiger partial charge in [0.15, 0.2) is 0 Å². The van der Waals surface area contributed by atoms with E-state index in [2.05, 4.69) is 29.2 Å². The van der Waals surface area contributed by atoms with Gasteiger partial charge >= 0.3 is 0 Å². The summed E-state index contributed by atoms with van der Waals surface area (Å²) in [7, 11) is 3.42. The van der Waals surface area contributed by atoms with Crippen LogP contribution in [0.25, 0.3) is 11.0 Å². The minimum absolute atomic E-state index is 0.505. The molecule has 1 aliphatic heterocycles. The third-order valence-corrected chi connectivity index (χ3v) is 5.32. The van der Waals surface area contributed by atoms with E-state index in [1.807, 2.05) is 24.3 Å². The highest BCUT2D eigenvalue weighted by Crippen LogP contribution is 2.33. The van der Waals surface area contributed by atoms with Crippen LogP contribution >= 0.6 is 0 Å². The van der Waals surface area contributed by atoms with Crippen molar-refractivity contribution in [1.82, 2.24) is 4.90 Å². The number of para-hydroxylation sites is 1. The highest BCUT2D eigenvalue weighted by molar-refractivity contribution is 5.77. The summed E-state index contributed by atoms with van der Waals surface area (Å²) in [5.41, 5.74) is 2.17. The molecular weight excluding hydrogens is 326 g/mol. The standard InChI is InChI=1S/C22H25NO3/c1-24-19-7-8-20(25-2)18(13-19)15-23-11-9-16(10-12-23)22-14-17-5-3-4-6-21(17)26-22/h3-8,13-14,16H,9-12,15H2,1-2H3. The summed E-state index contributed by atoms with van der Waals surface area (Å²) in [4.78, 5) is 2.48. The summed E-state index contributed by atoms with van der Waals surface area (Å²) in [5, 5.41) is 1.20. The first-order valence-corrected chi connectivity index (χ1v) is 9.18. The minimum atomic E-state index is 0.505. The molecule has 26 heavy (non-hydrogen) atoms. The van der Waals surface area contributed by atoms with Gasteiger partial charge in [-0.2, -0.15) is 0 Å². The van der Waals surface area contributed by atoms with E-state index in [1.165, 1.54) is 10.9 Å². The number of hydrogen-bond acceptors (Lipinski definition) is 4. The van der Waals surface area contributed by atoms with Gasteiger partial charge < -0.3 is 13.9 Å². The van der Waals surface area contributed by atoms with E-state index in [-0.39, 0.29) is 0 Å². The van der Waals surface area contributed by atoms with Crippen molar-refractivity contribution in [3.63, 3.8) is 0 Å². The maximum Gasteiger partial charge on any atom is 0.134 e. The molecule has 0 saturated carbocycles. The van der Waals surface area contributed by atoms with Crippen LogP contribution in [0.2, 0.25) is 0 Å². The zero-order chi connectivity index (χ0) is 17.9. The Balaban J connectivity index is 1.42. The first kappa shape index (κ1) is 17.0. The van der Waals surface area contributed by atoms with Gasteiger partial charge in [0.2, 0.25) is 0 Å². The highest BCUT2D eigenvalue weighted by Gasteiger charge is 2.24. The van der Waals surface area contributed by atoms with E-state index >= 15 is 0 Å². The van der Waals surface area contributed by atoms with Crippen LogP contribution in [0, 0.1) is 0 Å². The smallest absolute Gasteiger partial charge is 0.134 e. The molecule has 1 aliphatic rings. The summed E-state index contributed by atoms with van der Waals surface area (Å²) in [6.07, 6.45) is 2.23. The Labute approximate surface area is 154 Å². The lowest BCUT2D eigenvalue weighted by Crippen LogP contribution is -2.32. The molecule has 2 heterocycles. The summed E-state index contributed by atoms with van der Waals surface area (Å²) in [5.74, 6) is 3.43. The zero-order valence-corrected chi connectivity index (χ0v) is 15.4. The van der Waals surface area contributed by atoms with Crippen molar-refractivity contribution in [2.75, 3.05) is 27.3 Å². The van der Waals surface area contributed by atoms with Gasteiger partial charge in [-0.1, -0.05) is 18.2 Å². The molecule has 2 aromatic carbocycles. The zero-order valence-electron chi connectivity index (χ0n) is 15.4. The number of fused-ring (bicyclic) bond motifs is 1. The number of likely N-dealkylation sites (tertiary alicyclic amines) is 1. The van der Waals surface area contributed by atoms with Gasteiger partial charge in [-0.05, 0) is 56.3 Å². The highest BCUT2D eigenvalue weighted by atomic mass is 16.5. The van der Waals surface area contributed by atoms with Gasteiger partial charge in [0, 0.05) is 23.4 Å². The molecule has 1 fully saturated rings. The average molecular weight is 351 g/mol. The SMILES string of the molecule is COc1ccc(OC)c(CN2CCC(c3cc4ccccc4o3)CC2)c1. The molecule has 0 atom stereocenters. The molecule has 4 heteroatoms. The van der Waals surface area contributed by atoms with Crippen LogP contribution in [-0.2, 0) is 6.54 Å². The largest absolute Gasteiger partial charge is 0.497 e. The van der Waals surface area contributed by atoms with Crippen molar-refractivity contribution in [3.05, 3.63) is 59.9 Å². The molecule has 1 saturated heterocycles. The number of piperidine rings is 1. The van der Waals surface area contributed by atoms with E-state index in [1.54, 1.807) is 14.2 Å². The Kier molecular flexibility index (Phi) is 4.85. The number of hydrogen-bond donors (Lipinski definition) is 0. The van der Waals surface area contributed by atoms with Crippen molar-refractivity contribution in [2.45, 2.75) is 25.3 Å². The van der Waals surface area contributed by atoms with Crippen LogP contribution in [0.15, 0.2) is 52.9 Å². The average Bonchev–Trinajstić information content (AvgIpc) is 3.12. The van der Waals surface area contributed by atoms with Gasteiger partial charge in [0.1, 0.15) is 22.8 Å². The third-order valence-electron chi connectivity index (χ3n) is 5.32. The number of nitrogens with zero attached hydrogens (tertiary/aromatic N) is 1. The summed E-state index contributed by atoms with van der Waals surface area (Å²) in [6.45, 7) is 3.00. The molecule has 0 bridgehead atoms. The quantitative estimate of drug-likeness (QED) is 0.659. The number of methoxy groups -OCH3 is 2. The molecule has 0 radical (unpaired) electrons. The van der Waals surface area contributed by atoms with E-state index in [9.17, 15) is 0 Å². The second-order valence-electron chi connectivity index (χ2n) is 6.91. The molecule has 3 aromatic rings. The molecule has 0 aliphatic carbocycles. The lowest BCUT2D eigenvalue weighted by Gasteiger charge is -2.31. The van der Waals surface area contributed by atoms with Gasteiger partial charge in [0.25, 0.3) is 0 Å². The fourth-order valence-electron chi connectivity index (χ4n) is 3.83. The van der Waals surface area contributed by atoms with Gasteiger partial charge in [-0.3, -0.25) is 4.90 Å². The van der Waals surface area contributed by atoms with E-state index in [0.717, 1.165) is 55.3 Å². The molecule has 1 aromatic heterocycles. The van der Waals surface area contributed by atoms with Crippen LogP contribution < -0.4 is 9.47 Å². The van der Waals surface area contributed by atoms with E-state index < -0.39 is 0 Å². The number of benzene rings is 2. The van der Waals surface area contributed by atoms with Crippen LogP contribution in [0.3, 0.4) is 0 Å². The monoisotopic (exact) mass is 351 g/mol. The molecule has 0 amide bonds. The molecular formula is C22H25NO3. The fraction of sp³-hybridized carbons (Fsp3) is 0.364. The second-order valence-corrected chi connectivity index (χ2v) is 6.91. The predicted molar refractivity (Wildman–Crippen MR) is 103 cm³/mol. The molecule has 0 N–H and O–H groups in total. The maximum atomic E-state index is 6.07. The van der Waals surface area contributed by atoms with Crippen molar-refractivity contribution in [1.29, 1.82) is 0 Å². The van der Waals surface area contributed by atoms with E-state index in [0.29, 0.717) is 5.92 Å². The number of furan rings is 1. The van der Waals surface area contributed by atoms with Gasteiger partial charge in [-0.15, -0.1) is 0 Å². The lowest BCUT2D eigenvalue weighted by atomic mass is 9.94. The van der Waals surface area contributed by atoms with Crippen molar-refractivity contribution < 1.29 is 13.9 Å². The Bertz CT molecular complexity index is 845. The number of rotatable bonds is 5. The lowest BCUT2D eigenvalue weighted by molar-refractivity contribution is 0.194. The molecule has 0 unspecified atom stereocenters. The molecule has 0 spiro atoms. The first-order chi connectivity index (χ1) is 12.8.